The van der Waals surface area contributed by atoms with Crippen molar-refractivity contribution in [1.29, 1.82) is 0 Å². The zero-order valence-corrected chi connectivity index (χ0v) is 14.9. The largest absolute Gasteiger partial charge is 0.481 e. The van der Waals surface area contributed by atoms with Gasteiger partial charge in [-0.2, -0.15) is 0 Å². The molecule has 0 radical (unpaired) electrons. The number of hydrogen-bond donors (Lipinski definition) is 2. The van der Waals surface area contributed by atoms with E-state index < -0.39 is 17.9 Å². The highest BCUT2D eigenvalue weighted by molar-refractivity contribution is 5.82. The highest BCUT2D eigenvalue weighted by atomic mass is 19.1. The predicted molar refractivity (Wildman–Crippen MR) is 97.1 cm³/mol. The number of carbonyl (C=O) groups is 2. The maximum Gasteiger partial charge on any atom is 0.260 e. The van der Waals surface area contributed by atoms with Crippen LogP contribution < -0.4 is 15.8 Å². The molecule has 0 fully saturated rings. The third kappa shape index (κ3) is 5.88. The molecule has 0 aliphatic rings. The van der Waals surface area contributed by atoms with Crippen molar-refractivity contribution in [1.82, 2.24) is 5.32 Å². The third-order valence-electron chi connectivity index (χ3n) is 3.99. The van der Waals surface area contributed by atoms with Gasteiger partial charge in [-0.25, -0.2) is 4.39 Å². The van der Waals surface area contributed by atoms with Gasteiger partial charge in [0.25, 0.3) is 5.91 Å². The lowest BCUT2D eigenvalue weighted by atomic mass is 9.98. The maximum atomic E-state index is 13.0. The first kappa shape index (κ1) is 19.4. The number of halogens is 1. The average Bonchev–Trinajstić information content (AvgIpc) is 2.59. The highest BCUT2D eigenvalue weighted by Gasteiger charge is 2.20. The molecule has 0 aromatic heterocycles. The van der Waals surface area contributed by atoms with Crippen molar-refractivity contribution in [2.24, 2.45) is 11.7 Å². The molecule has 0 bridgehead atoms. The molecule has 6 heteroatoms. The van der Waals surface area contributed by atoms with Gasteiger partial charge in [-0.3, -0.25) is 9.59 Å². The second-order valence-corrected chi connectivity index (χ2v) is 6.25. The summed E-state index contributed by atoms with van der Waals surface area (Å²) < 4.78 is 18.6. The number of ether oxygens (including phenoxy) is 1. The molecule has 2 atom stereocenters. The second-order valence-electron chi connectivity index (χ2n) is 6.25. The number of aryl methyl sites for hydroxylation is 1. The number of benzene rings is 2. The van der Waals surface area contributed by atoms with Crippen molar-refractivity contribution in [2.45, 2.75) is 26.4 Å². The van der Waals surface area contributed by atoms with Crippen molar-refractivity contribution >= 4 is 11.8 Å². The Labute approximate surface area is 152 Å². The Kier molecular flexibility index (Phi) is 6.72. The number of nitrogens with one attached hydrogen (secondary N) is 1. The molecule has 0 saturated carbocycles. The summed E-state index contributed by atoms with van der Waals surface area (Å²) >= 11 is 0. The minimum absolute atomic E-state index is 0.0903. The molecule has 0 aliphatic heterocycles. The summed E-state index contributed by atoms with van der Waals surface area (Å²) in [5.74, 6) is -1.19. The van der Waals surface area contributed by atoms with Crippen LogP contribution in [0.5, 0.6) is 5.75 Å². The van der Waals surface area contributed by atoms with Gasteiger partial charge >= 0.3 is 0 Å². The minimum Gasteiger partial charge on any atom is -0.481 e. The van der Waals surface area contributed by atoms with Crippen LogP contribution in [0, 0.1) is 18.7 Å². The molecule has 2 unspecified atom stereocenters. The lowest BCUT2D eigenvalue weighted by Gasteiger charge is -2.18. The molecule has 0 spiro atoms. The maximum absolute atomic E-state index is 13.0. The first-order valence-electron chi connectivity index (χ1n) is 8.40. The smallest absolute Gasteiger partial charge is 0.260 e. The number of hydrogen-bond acceptors (Lipinski definition) is 3. The van der Waals surface area contributed by atoms with E-state index in [1.54, 1.807) is 25.1 Å². The molecule has 0 saturated heterocycles. The van der Waals surface area contributed by atoms with E-state index in [2.05, 4.69) is 5.32 Å². The van der Waals surface area contributed by atoms with Gasteiger partial charge in [0.05, 0.1) is 5.92 Å². The molecule has 0 heterocycles. The fraction of sp³-hybridized carbons (Fsp3) is 0.300. The molecule has 2 rings (SSSR count). The van der Waals surface area contributed by atoms with Crippen LogP contribution >= 0.6 is 0 Å². The van der Waals surface area contributed by atoms with Gasteiger partial charge in [-0.05, 0) is 55.7 Å². The fourth-order valence-corrected chi connectivity index (χ4v) is 2.49. The fourth-order valence-electron chi connectivity index (χ4n) is 2.49. The Hall–Kier alpha value is -2.89. The summed E-state index contributed by atoms with van der Waals surface area (Å²) in [6, 6.07) is 13.2. The van der Waals surface area contributed by atoms with E-state index in [1.807, 2.05) is 25.1 Å². The van der Waals surface area contributed by atoms with Crippen molar-refractivity contribution in [3.05, 3.63) is 65.5 Å². The molecule has 2 aromatic carbocycles. The molecule has 5 nitrogen and oxygen atoms in total. The molecule has 26 heavy (non-hydrogen) atoms. The van der Waals surface area contributed by atoms with Gasteiger partial charge in [-0.15, -0.1) is 0 Å². The molecular weight excluding hydrogens is 335 g/mol. The summed E-state index contributed by atoms with van der Waals surface area (Å²) in [6.07, 6.45) is -0.389. The molecule has 2 amide bonds. The van der Waals surface area contributed by atoms with Gasteiger partial charge in [0.1, 0.15) is 11.6 Å². The summed E-state index contributed by atoms with van der Waals surface area (Å²) in [4.78, 5) is 23.9. The van der Waals surface area contributed by atoms with Crippen molar-refractivity contribution < 1.29 is 18.7 Å². The van der Waals surface area contributed by atoms with Gasteiger partial charge in [0.15, 0.2) is 6.10 Å². The van der Waals surface area contributed by atoms with Gasteiger partial charge in [0.2, 0.25) is 5.91 Å². The summed E-state index contributed by atoms with van der Waals surface area (Å²) in [6.45, 7) is 3.66. The van der Waals surface area contributed by atoms with Gasteiger partial charge < -0.3 is 15.8 Å². The van der Waals surface area contributed by atoms with Crippen molar-refractivity contribution in [2.75, 3.05) is 6.54 Å². The van der Waals surface area contributed by atoms with Crippen LogP contribution in [0.2, 0.25) is 0 Å². The third-order valence-corrected chi connectivity index (χ3v) is 3.99. The number of amides is 2. The van der Waals surface area contributed by atoms with E-state index in [9.17, 15) is 14.0 Å². The lowest BCUT2D eigenvalue weighted by molar-refractivity contribution is -0.128. The topological polar surface area (TPSA) is 81.4 Å². The van der Waals surface area contributed by atoms with Crippen LogP contribution in [0.1, 0.15) is 18.1 Å². The number of nitrogens with two attached hydrogens (primary N) is 1. The molecular formula is C20H23FN2O3. The van der Waals surface area contributed by atoms with E-state index in [0.29, 0.717) is 12.2 Å². The Bertz CT molecular complexity index is 762. The first-order valence-corrected chi connectivity index (χ1v) is 8.40. The Morgan fingerprint density at radius 1 is 1.19 bits per heavy atom. The normalized spacial score (nSPS) is 12.9. The molecule has 2 aromatic rings. The molecule has 3 N–H and O–H groups in total. The standard InChI is InChI=1S/C20H23FN2O3/c1-13-4-3-5-18(10-13)26-14(2)20(25)23-12-16(19(22)24)11-15-6-8-17(21)9-7-15/h3-10,14,16H,11-12H2,1-2H3,(H2,22,24)(H,23,25). The Morgan fingerprint density at radius 2 is 1.88 bits per heavy atom. The van der Waals surface area contributed by atoms with Crippen LogP contribution in [0.15, 0.2) is 48.5 Å². The molecule has 138 valence electrons. The zero-order chi connectivity index (χ0) is 19.1. The summed E-state index contributed by atoms with van der Waals surface area (Å²) in [7, 11) is 0. The quantitative estimate of drug-likeness (QED) is 0.760. The minimum atomic E-state index is -0.712. The first-order chi connectivity index (χ1) is 12.3. The zero-order valence-electron chi connectivity index (χ0n) is 14.9. The van der Waals surface area contributed by atoms with E-state index in [-0.39, 0.29) is 18.3 Å². The van der Waals surface area contributed by atoms with Crippen molar-refractivity contribution in [3.8, 4) is 5.75 Å². The predicted octanol–water partition coefficient (Wildman–Crippen LogP) is 2.36. The number of carbonyl (C=O) groups excluding carboxylic acids is 2. The van der Waals surface area contributed by atoms with Gasteiger partial charge in [0, 0.05) is 6.54 Å². The van der Waals surface area contributed by atoms with Gasteiger partial charge in [-0.1, -0.05) is 24.3 Å². The van der Waals surface area contributed by atoms with Crippen molar-refractivity contribution in [3.63, 3.8) is 0 Å². The monoisotopic (exact) mass is 358 g/mol. The SMILES string of the molecule is Cc1cccc(OC(C)C(=O)NCC(Cc2ccc(F)cc2)C(N)=O)c1. The van der Waals surface area contributed by atoms with Crippen LogP contribution in [-0.4, -0.2) is 24.5 Å². The number of primary amides is 1. The van der Waals surface area contributed by atoms with E-state index in [0.717, 1.165) is 11.1 Å². The van der Waals surface area contributed by atoms with Crippen LogP contribution in [0.4, 0.5) is 4.39 Å². The van der Waals surface area contributed by atoms with E-state index in [1.165, 1.54) is 12.1 Å². The Balaban J connectivity index is 1.89. The van der Waals surface area contributed by atoms with Crippen LogP contribution in [0.25, 0.3) is 0 Å². The van der Waals surface area contributed by atoms with E-state index >= 15 is 0 Å². The average molecular weight is 358 g/mol. The molecule has 0 aliphatic carbocycles. The summed E-state index contributed by atoms with van der Waals surface area (Å²) in [5, 5.41) is 2.69. The van der Waals surface area contributed by atoms with Crippen LogP contribution in [0.3, 0.4) is 0 Å². The lowest BCUT2D eigenvalue weighted by Crippen LogP contribution is -2.42. The second kappa shape index (κ2) is 8.99. The highest BCUT2D eigenvalue weighted by Crippen LogP contribution is 2.14. The summed E-state index contributed by atoms with van der Waals surface area (Å²) in [5.41, 5.74) is 7.22. The Morgan fingerprint density at radius 3 is 2.50 bits per heavy atom. The number of rotatable bonds is 8. The van der Waals surface area contributed by atoms with Crippen LogP contribution in [-0.2, 0) is 16.0 Å². The van der Waals surface area contributed by atoms with E-state index in [4.69, 9.17) is 10.5 Å².